The van der Waals surface area contributed by atoms with Crippen molar-refractivity contribution in [3.8, 4) is 11.6 Å². The Balaban J connectivity index is 1.86. The van der Waals surface area contributed by atoms with Gasteiger partial charge in [0.1, 0.15) is 23.3 Å². The number of oxazole rings is 1. The second kappa shape index (κ2) is 5.55. The van der Waals surface area contributed by atoms with E-state index in [1.165, 1.54) is 10.8 Å². The predicted octanol–water partition coefficient (Wildman–Crippen LogP) is 1.42. The van der Waals surface area contributed by atoms with Gasteiger partial charge in [-0.15, -0.1) is 0 Å². The van der Waals surface area contributed by atoms with Crippen LogP contribution in [-0.2, 0) is 6.54 Å². The fourth-order valence-electron chi connectivity index (χ4n) is 2.59. The van der Waals surface area contributed by atoms with E-state index in [2.05, 4.69) is 25.1 Å². The number of nitrogens with zero attached hydrogens (tertiary/aromatic N) is 5. The van der Waals surface area contributed by atoms with Crippen molar-refractivity contribution in [2.45, 2.75) is 20.4 Å². The van der Waals surface area contributed by atoms with Gasteiger partial charge < -0.3 is 15.1 Å². The van der Waals surface area contributed by atoms with Crippen LogP contribution in [0, 0.1) is 13.8 Å². The number of hydrogen-bond donors (Lipinski definition) is 2. The van der Waals surface area contributed by atoms with Crippen molar-refractivity contribution in [2.24, 2.45) is 0 Å². The number of fused-ring (bicyclic) bond motifs is 1. The highest BCUT2D eigenvalue weighted by Crippen LogP contribution is 2.24. The third-order valence-corrected chi connectivity index (χ3v) is 3.81. The molecule has 0 amide bonds. The van der Waals surface area contributed by atoms with Gasteiger partial charge in [-0.05, 0) is 32.0 Å². The minimum atomic E-state index is -0.299. The maximum atomic E-state index is 12.4. The number of aromatic nitrogens is 6. The summed E-state index contributed by atoms with van der Waals surface area (Å²) >= 11 is 0. The van der Waals surface area contributed by atoms with E-state index in [-0.39, 0.29) is 18.1 Å². The molecule has 0 bridgehead atoms. The number of pyridine rings is 1. The van der Waals surface area contributed by atoms with Gasteiger partial charge in [-0.2, -0.15) is 10.2 Å². The molecule has 4 rings (SSSR count). The number of hydrogen-bond acceptors (Lipinski definition) is 7. The maximum absolute atomic E-state index is 12.4. The summed E-state index contributed by atoms with van der Waals surface area (Å²) in [5.41, 5.74) is 9.44. The van der Waals surface area contributed by atoms with Crippen molar-refractivity contribution in [3.63, 3.8) is 0 Å². The van der Waals surface area contributed by atoms with Crippen LogP contribution in [0.2, 0.25) is 0 Å². The molecule has 9 nitrogen and oxygen atoms in total. The molecule has 4 aromatic heterocycles. The van der Waals surface area contributed by atoms with Crippen LogP contribution in [0.25, 0.3) is 22.6 Å². The van der Waals surface area contributed by atoms with Crippen molar-refractivity contribution in [2.75, 3.05) is 5.73 Å². The molecule has 4 aromatic rings. The van der Waals surface area contributed by atoms with Gasteiger partial charge in [0.15, 0.2) is 0 Å². The van der Waals surface area contributed by atoms with Crippen LogP contribution in [-0.4, -0.2) is 29.7 Å². The molecule has 0 atom stereocenters. The summed E-state index contributed by atoms with van der Waals surface area (Å²) in [7, 11) is 0. The summed E-state index contributed by atoms with van der Waals surface area (Å²) in [5, 5.41) is 8.12. The molecule has 0 unspecified atom stereocenters. The quantitative estimate of drug-likeness (QED) is 0.578. The molecule has 0 aliphatic heterocycles. The molecule has 0 radical (unpaired) electrons. The van der Waals surface area contributed by atoms with Crippen LogP contribution < -0.4 is 11.4 Å². The SMILES string of the molecule is Cc1ccc(Cn2c(=O)[nH]c3c(N)nc(-c4nc(C)co4)cc32)nn1. The number of nitrogens with two attached hydrogens (primary N) is 1. The van der Waals surface area contributed by atoms with Gasteiger partial charge in [0.2, 0.25) is 5.89 Å². The normalized spacial score (nSPS) is 11.3. The van der Waals surface area contributed by atoms with Crippen molar-refractivity contribution in [3.05, 3.63) is 52.0 Å². The van der Waals surface area contributed by atoms with Gasteiger partial charge in [0.05, 0.1) is 29.1 Å². The number of aryl methyl sites for hydroxylation is 2. The largest absolute Gasteiger partial charge is 0.443 e. The molecule has 0 fully saturated rings. The molecule has 9 heteroatoms. The molecule has 25 heavy (non-hydrogen) atoms. The standard InChI is InChI=1S/C16H15N7O2/c1-8-3-4-10(22-21-8)6-23-12-5-11(15-18-9(2)7-25-15)19-14(17)13(12)20-16(23)24/h3-5,7H,6H2,1-2H3,(H2,17,19)(H,20,24). The average Bonchev–Trinajstić information content (AvgIpc) is 3.15. The number of H-pyrrole nitrogens is 1. The lowest BCUT2D eigenvalue weighted by atomic mass is 10.3. The Bertz CT molecular complexity index is 1120. The number of nitrogens with one attached hydrogen (secondary N) is 1. The molecule has 0 spiro atoms. The second-order valence-electron chi connectivity index (χ2n) is 5.76. The van der Waals surface area contributed by atoms with E-state index in [0.29, 0.717) is 28.3 Å². The van der Waals surface area contributed by atoms with Crippen molar-refractivity contribution in [1.82, 2.24) is 29.7 Å². The van der Waals surface area contributed by atoms with Crippen LogP contribution in [0.4, 0.5) is 5.82 Å². The first-order chi connectivity index (χ1) is 12.0. The summed E-state index contributed by atoms with van der Waals surface area (Å²) in [6.07, 6.45) is 1.53. The Morgan fingerprint density at radius 2 is 2.04 bits per heavy atom. The Labute approximate surface area is 141 Å². The lowest BCUT2D eigenvalue weighted by molar-refractivity contribution is 0.571. The Kier molecular flexibility index (Phi) is 3.34. The highest BCUT2D eigenvalue weighted by atomic mass is 16.3. The Morgan fingerprint density at radius 1 is 1.20 bits per heavy atom. The second-order valence-corrected chi connectivity index (χ2v) is 5.76. The lowest BCUT2D eigenvalue weighted by Gasteiger charge is -2.05. The third kappa shape index (κ3) is 2.65. The van der Waals surface area contributed by atoms with E-state index < -0.39 is 0 Å². The zero-order valence-electron chi connectivity index (χ0n) is 13.6. The number of nitrogen functional groups attached to an aromatic ring is 1. The maximum Gasteiger partial charge on any atom is 0.326 e. The molecule has 0 aliphatic carbocycles. The van der Waals surface area contributed by atoms with E-state index in [9.17, 15) is 4.79 Å². The zero-order chi connectivity index (χ0) is 17.6. The van der Waals surface area contributed by atoms with Crippen molar-refractivity contribution >= 4 is 16.9 Å². The van der Waals surface area contributed by atoms with Crippen LogP contribution in [0.3, 0.4) is 0 Å². The summed E-state index contributed by atoms with van der Waals surface area (Å²) in [4.78, 5) is 23.6. The molecule has 126 valence electrons. The van der Waals surface area contributed by atoms with Gasteiger partial charge in [-0.3, -0.25) is 4.57 Å². The molecule has 4 heterocycles. The number of rotatable bonds is 3. The van der Waals surface area contributed by atoms with Crippen LogP contribution in [0.5, 0.6) is 0 Å². The van der Waals surface area contributed by atoms with Gasteiger partial charge in [0, 0.05) is 0 Å². The fourth-order valence-corrected chi connectivity index (χ4v) is 2.59. The summed E-state index contributed by atoms with van der Waals surface area (Å²) in [6, 6.07) is 5.39. The summed E-state index contributed by atoms with van der Waals surface area (Å²) < 4.78 is 6.92. The van der Waals surface area contributed by atoms with Crippen LogP contribution in [0.15, 0.2) is 33.7 Å². The molecular formula is C16H15N7O2. The zero-order valence-corrected chi connectivity index (χ0v) is 13.6. The Hall–Kier alpha value is -3.49. The number of aromatic amines is 1. The highest BCUT2D eigenvalue weighted by Gasteiger charge is 2.16. The predicted molar refractivity (Wildman–Crippen MR) is 90.9 cm³/mol. The minimum Gasteiger partial charge on any atom is -0.443 e. The number of anilines is 1. The molecular weight excluding hydrogens is 322 g/mol. The van der Waals surface area contributed by atoms with E-state index in [0.717, 1.165) is 11.4 Å². The van der Waals surface area contributed by atoms with Gasteiger partial charge in [-0.25, -0.2) is 14.8 Å². The summed E-state index contributed by atoms with van der Waals surface area (Å²) in [6.45, 7) is 3.93. The molecule has 3 N–H and O–H groups in total. The van der Waals surface area contributed by atoms with Crippen molar-refractivity contribution in [1.29, 1.82) is 0 Å². The van der Waals surface area contributed by atoms with Gasteiger partial charge in [0.25, 0.3) is 0 Å². The minimum absolute atomic E-state index is 0.203. The molecule has 0 saturated heterocycles. The van der Waals surface area contributed by atoms with E-state index in [1.54, 1.807) is 6.07 Å². The summed E-state index contributed by atoms with van der Waals surface area (Å²) in [5.74, 6) is 0.551. The first-order valence-electron chi connectivity index (χ1n) is 7.62. The fraction of sp³-hybridized carbons (Fsp3) is 0.188. The number of imidazole rings is 1. The smallest absolute Gasteiger partial charge is 0.326 e. The van der Waals surface area contributed by atoms with Gasteiger partial charge in [-0.1, -0.05) is 0 Å². The molecule has 0 aromatic carbocycles. The first kappa shape index (κ1) is 15.1. The van der Waals surface area contributed by atoms with Crippen LogP contribution >= 0.6 is 0 Å². The van der Waals surface area contributed by atoms with E-state index in [1.807, 2.05) is 26.0 Å². The van der Waals surface area contributed by atoms with Crippen LogP contribution in [0.1, 0.15) is 17.1 Å². The monoisotopic (exact) mass is 337 g/mol. The van der Waals surface area contributed by atoms with Crippen molar-refractivity contribution < 1.29 is 4.42 Å². The Morgan fingerprint density at radius 3 is 2.72 bits per heavy atom. The topological polar surface area (TPSA) is 129 Å². The molecule has 0 aliphatic rings. The van der Waals surface area contributed by atoms with E-state index in [4.69, 9.17) is 10.2 Å². The third-order valence-electron chi connectivity index (χ3n) is 3.81. The van der Waals surface area contributed by atoms with E-state index >= 15 is 0 Å². The lowest BCUT2D eigenvalue weighted by Crippen LogP contribution is -2.18. The average molecular weight is 337 g/mol. The van der Waals surface area contributed by atoms with Gasteiger partial charge >= 0.3 is 5.69 Å². The highest BCUT2D eigenvalue weighted by molar-refractivity contribution is 5.87. The first-order valence-corrected chi connectivity index (χ1v) is 7.62. The molecule has 0 saturated carbocycles.